The Labute approximate surface area is 198 Å². The van der Waals surface area contributed by atoms with Gasteiger partial charge in [-0.25, -0.2) is 4.57 Å². The molecule has 1 aliphatic heterocycles. The summed E-state index contributed by atoms with van der Waals surface area (Å²) in [7, 11) is 2.34. The van der Waals surface area contributed by atoms with Crippen LogP contribution in [0.1, 0.15) is 35.6 Å². The molecule has 1 saturated heterocycles. The van der Waals surface area contributed by atoms with Crippen molar-refractivity contribution in [1.29, 1.82) is 0 Å². The van der Waals surface area contributed by atoms with Gasteiger partial charge in [-0.1, -0.05) is 58.5 Å². The van der Waals surface area contributed by atoms with Crippen LogP contribution in [0.4, 0.5) is 0 Å². The van der Waals surface area contributed by atoms with E-state index in [0.29, 0.717) is 26.1 Å². The Balaban J connectivity index is 1.56. The molecule has 0 N–H and O–H groups in total. The predicted molar refractivity (Wildman–Crippen MR) is 125 cm³/mol. The molecule has 0 radical (unpaired) electrons. The molecule has 2 aromatic carbocycles. The molecule has 0 amide bonds. The first-order valence-electron chi connectivity index (χ1n) is 10.1. The van der Waals surface area contributed by atoms with E-state index in [0.717, 1.165) is 29.7 Å². The Bertz CT molecular complexity index is 1070. The molecule has 2 heterocycles. The fourth-order valence-electron chi connectivity index (χ4n) is 4.57. The van der Waals surface area contributed by atoms with Gasteiger partial charge in [0.2, 0.25) is 0 Å². The summed E-state index contributed by atoms with van der Waals surface area (Å²) < 4.78 is 3.19. The summed E-state index contributed by atoms with van der Waals surface area (Å²) in [6, 6.07) is 16.6. The number of rotatable bonds is 5. The summed E-state index contributed by atoms with van der Waals surface area (Å²) in [5.74, 6) is 0. The van der Waals surface area contributed by atoms with Gasteiger partial charge in [0.1, 0.15) is 12.6 Å². The molecule has 0 spiro atoms. The molecule has 0 aliphatic carbocycles. The van der Waals surface area contributed by atoms with Crippen LogP contribution < -0.4 is 4.57 Å². The van der Waals surface area contributed by atoms with Gasteiger partial charge >= 0.3 is 0 Å². The second-order valence-corrected chi connectivity index (χ2v) is 9.95. The molecular formula is C24H24Cl4N2+2. The van der Waals surface area contributed by atoms with Gasteiger partial charge in [-0.2, -0.15) is 0 Å². The number of hydrogen-bond acceptors (Lipinski definition) is 0. The fourth-order valence-corrected chi connectivity index (χ4v) is 5.21. The Morgan fingerprint density at radius 2 is 1.57 bits per heavy atom. The van der Waals surface area contributed by atoms with E-state index in [1.807, 2.05) is 30.3 Å². The number of likely N-dealkylation sites (tertiary alicyclic amines) is 1. The van der Waals surface area contributed by atoms with Crippen molar-refractivity contribution in [2.24, 2.45) is 0 Å². The van der Waals surface area contributed by atoms with E-state index in [1.165, 1.54) is 24.0 Å². The van der Waals surface area contributed by atoms with E-state index >= 15 is 0 Å². The lowest BCUT2D eigenvalue weighted by molar-refractivity contribution is -0.940. The molecule has 6 heteroatoms. The monoisotopic (exact) mass is 480 g/mol. The number of quaternary nitrogens is 1. The number of nitrogens with zero attached hydrogens (tertiary/aromatic N) is 2. The molecule has 156 valence electrons. The van der Waals surface area contributed by atoms with Gasteiger partial charge < -0.3 is 4.48 Å². The van der Waals surface area contributed by atoms with Crippen molar-refractivity contribution in [2.45, 2.75) is 32.0 Å². The van der Waals surface area contributed by atoms with Crippen LogP contribution in [0.15, 0.2) is 60.9 Å². The second-order valence-electron chi connectivity index (χ2n) is 8.33. The Hall–Kier alpha value is -1.29. The standard InChI is InChI=1S/C24H24Cl4N2/c1-30(16-18-7-9-21(26)23(28)13-18)11-3-5-24(30)19-4-2-10-29(15-19)14-17-6-8-20(25)22(27)12-17/h2,4,6-10,12-13,15,24H,3,5,11,14,16H2,1H3/q+2/t24-,30?/m0/s1. The maximum atomic E-state index is 6.26. The van der Waals surface area contributed by atoms with Crippen molar-refractivity contribution in [3.63, 3.8) is 0 Å². The first-order valence-corrected chi connectivity index (χ1v) is 11.6. The van der Waals surface area contributed by atoms with Crippen molar-refractivity contribution in [3.05, 3.63) is 97.7 Å². The maximum absolute atomic E-state index is 6.26. The van der Waals surface area contributed by atoms with Gasteiger partial charge in [0.15, 0.2) is 18.9 Å². The molecule has 1 aromatic heterocycles. The van der Waals surface area contributed by atoms with Crippen LogP contribution in [0.25, 0.3) is 0 Å². The van der Waals surface area contributed by atoms with Gasteiger partial charge in [0.05, 0.1) is 39.2 Å². The minimum Gasteiger partial charge on any atom is -0.316 e. The lowest BCUT2D eigenvalue weighted by Gasteiger charge is -2.36. The van der Waals surface area contributed by atoms with E-state index in [2.05, 4.69) is 42.2 Å². The zero-order valence-electron chi connectivity index (χ0n) is 16.8. The Kier molecular flexibility index (Phi) is 6.62. The zero-order chi connectivity index (χ0) is 21.3. The van der Waals surface area contributed by atoms with Gasteiger partial charge in [-0.15, -0.1) is 0 Å². The molecule has 30 heavy (non-hydrogen) atoms. The van der Waals surface area contributed by atoms with Crippen LogP contribution in [-0.4, -0.2) is 18.1 Å². The van der Waals surface area contributed by atoms with Crippen molar-refractivity contribution < 1.29 is 9.05 Å². The van der Waals surface area contributed by atoms with E-state index in [-0.39, 0.29) is 0 Å². The predicted octanol–water partition coefficient (Wildman–Crippen LogP) is 7.12. The van der Waals surface area contributed by atoms with Crippen LogP contribution in [0.2, 0.25) is 20.1 Å². The quantitative estimate of drug-likeness (QED) is 0.270. The van der Waals surface area contributed by atoms with E-state index < -0.39 is 0 Å². The molecule has 2 nitrogen and oxygen atoms in total. The van der Waals surface area contributed by atoms with Crippen molar-refractivity contribution in [2.75, 3.05) is 13.6 Å². The van der Waals surface area contributed by atoms with E-state index in [1.54, 1.807) is 0 Å². The highest BCUT2D eigenvalue weighted by Gasteiger charge is 2.40. The maximum Gasteiger partial charge on any atom is 0.178 e. The summed E-state index contributed by atoms with van der Waals surface area (Å²) in [4.78, 5) is 0. The number of aromatic nitrogens is 1. The fraction of sp³-hybridized carbons (Fsp3) is 0.292. The first-order chi connectivity index (χ1) is 14.3. The average molecular weight is 482 g/mol. The largest absolute Gasteiger partial charge is 0.316 e. The van der Waals surface area contributed by atoms with E-state index in [4.69, 9.17) is 46.4 Å². The molecule has 2 atom stereocenters. The molecule has 1 unspecified atom stereocenters. The normalized spacial score (nSPS) is 21.2. The van der Waals surface area contributed by atoms with Crippen LogP contribution >= 0.6 is 46.4 Å². The molecule has 1 aliphatic rings. The van der Waals surface area contributed by atoms with Gasteiger partial charge in [0.25, 0.3) is 0 Å². The van der Waals surface area contributed by atoms with Crippen LogP contribution in [0.5, 0.6) is 0 Å². The van der Waals surface area contributed by atoms with Crippen LogP contribution in [0, 0.1) is 0 Å². The van der Waals surface area contributed by atoms with Crippen LogP contribution in [0.3, 0.4) is 0 Å². The number of pyridine rings is 1. The van der Waals surface area contributed by atoms with Crippen molar-refractivity contribution >= 4 is 46.4 Å². The zero-order valence-corrected chi connectivity index (χ0v) is 19.8. The topological polar surface area (TPSA) is 3.88 Å². The van der Waals surface area contributed by atoms with E-state index in [9.17, 15) is 0 Å². The highest BCUT2D eigenvalue weighted by molar-refractivity contribution is 6.42. The highest BCUT2D eigenvalue weighted by atomic mass is 35.5. The number of halogens is 4. The summed E-state index contributed by atoms with van der Waals surface area (Å²) in [6.07, 6.45) is 6.76. The Morgan fingerprint density at radius 1 is 0.900 bits per heavy atom. The Morgan fingerprint density at radius 3 is 2.27 bits per heavy atom. The SMILES string of the molecule is C[N+]1(Cc2ccc(Cl)c(Cl)c2)CCC[C@H]1c1ccc[n+](Cc2ccc(Cl)c(Cl)c2)c1. The average Bonchev–Trinajstić information content (AvgIpc) is 3.09. The molecule has 3 aromatic rings. The lowest BCUT2D eigenvalue weighted by atomic mass is 10.0. The van der Waals surface area contributed by atoms with Gasteiger partial charge in [0, 0.05) is 30.0 Å². The first kappa shape index (κ1) is 21.9. The smallest absolute Gasteiger partial charge is 0.178 e. The summed E-state index contributed by atoms with van der Waals surface area (Å²) >= 11 is 24.6. The van der Waals surface area contributed by atoms with Gasteiger partial charge in [-0.05, 0) is 30.3 Å². The van der Waals surface area contributed by atoms with Crippen molar-refractivity contribution in [1.82, 2.24) is 0 Å². The molecular weight excluding hydrogens is 458 g/mol. The minimum atomic E-state index is 0.445. The second kappa shape index (κ2) is 9.06. The summed E-state index contributed by atoms with van der Waals surface area (Å²) in [6.45, 7) is 2.84. The summed E-state index contributed by atoms with van der Waals surface area (Å²) in [5, 5.41) is 2.40. The molecule has 0 saturated carbocycles. The number of benzene rings is 2. The third-order valence-electron chi connectivity index (χ3n) is 6.04. The number of hydrogen-bond donors (Lipinski definition) is 0. The lowest BCUT2D eigenvalue weighted by Crippen LogP contribution is -2.43. The summed E-state index contributed by atoms with van der Waals surface area (Å²) in [5.41, 5.74) is 3.71. The molecule has 0 bridgehead atoms. The van der Waals surface area contributed by atoms with Gasteiger partial charge in [-0.3, -0.25) is 0 Å². The molecule has 4 rings (SSSR count). The third kappa shape index (κ3) is 4.79. The minimum absolute atomic E-state index is 0.445. The van der Waals surface area contributed by atoms with Crippen LogP contribution in [-0.2, 0) is 13.1 Å². The third-order valence-corrected chi connectivity index (χ3v) is 7.52. The molecule has 1 fully saturated rings. The highest BCUT2D eigenvalue weighted by Crippen LogP contribution is 2.39. The van der Waals surface area contributed by atoms with Crippen molar-refractivity contribution in [3.8, 4) is 0 Å².